The topological polar surface area (TPSA) is 38.8 Å². The summed E-state index contributed by atoms with van der Waals surface area (Å²) in [4.78, 5) is 13.4. The van der Waals surface area contributed by atoms with Crippen LogP contribution in [0.15, 0.2) is 12.2 Å². The molecule has 1 aliphatic heterocycles. The highest BCUT2D eigenvalue weighted by Crippen LogP contribution is 2.14. The summed E-state index contributed by atoms with van der Waals surface area (Å²) in [6.45, 7) is 9.19. The predicted octanol–water partition coefficient (Wildman–Crippen LogP) is 1.61. The fraction of sp³-hybridized carbons (Fsp3) is 0.769. The summed E-state index contributed by atoms with van der Waals surface area (Å²) < 4.78 is 10.3. The standard InChI is InChI=1S/C13H23NO3/c1-11(2)9-14(7-6-13(15)16-3)10-12-5-4-8-17-12/h12H,1,4-10H2,2-3H3/t12-/m0/s1. The lowest BCUT2D eigenvalue weighted by molar-refractivity contribution is -0.141. The van der Waals surface area contributed by atoms with Crippen LogP contribution < -0.4 is 0 Å². The van der Waals surface area contributed by atoms with Crippen LogP contribution in [0.1, 0.15) is 26.2 Å². The molecule has 0 unspecified atom stereocenters. The second kappa shape index (κ2) is 7.45. The number of esters is 1. The van der Waals surface area contributed by atoms with Crippen LogP contribution in [0.5, 0.6) is 0 Å². The van der Waals surface area contributed by atoms with Gasteiger partial charge in [-0.25, -0.2) is 0 Å². The smallest absolute Gasteiger partial charge is 0.306 e. The van der Waals surface area contributed by atoms with Crippen LogP contribution in [0.25, 0.3) is 0 Å². The van der Waals surface area contributed by atoms with Crippen molar-refractivity contribution in [2.45, 2.75) is 32.3 Å². The third-order valence-electron chi connectivity index (χ3n) is 2.84. The van der Waals surface area contributed by atoms with E-state index in [1.807, 2.05) is 6.92 Å². The maximum absolute atomic E-state index is 11.1. The molecule has 0 spiro atoms. The quantitative estimate of drug-likeness (QED) is 0.501. The molecule has 1 heterocycles. The molecule has 98 valence electrons. The maximum Gasteiger partial charge on any atom is 0.306 e. The van der Waals surface area contributed by atoms with Crippen LogP contribution >= 0.6 is 0 Å². The molecule has 0 bridgehead atoms. The van der Waals surface area contributed by atoms with Gasteiger partial charge in [0.1, 0.15) is 0 Å². The average molecular weight is 241 g/mol. The van der Waals surface area contributed by atoms with Crippen molar-refractivity contribution in [1.29, 1.82) is 0 Å². The summed E-state index contributed by atoms with van der Waals surface area (Å²) in [5, 5.41) is 0. The van der Waals surface area contributed by atoms with Crippen molar-refractivity contribution in [2.75, 3.05) is 33.4 Å². The summed E-state index contributed by atoms with van der Waals surface area (Å²) >= 11 is 0. The molecular formula is C13H23NO3. The van der Waals surface area contributed by atoms with Crippen molar-refractivity contribution >= 4 is 5.97 Å². The largest absolute Gasteiger partial charge is 0.469 e. The molecule has 0 aliphatic carbocycles. The van der Waals surface area contributed by atoms with Crippen LogP contribution in [-0.4, -0.2) is 50.3 Å². The van der Waals surface area contributed by atoms with Crippen LogP contribution in [0, 0.1) is 0 Å². The van der Waals surface area contributed by atoms with E-state index < -0.39 is 0 Å². The number of nitrogens with zero attached hydrogens (tertiary/aromatic N) is 1. The van der Waals surface area contributed by atoms with Crippen LogP contribution in [0.2, 0.25) is 0 Å². The number of hydrogen-bond donors (Lipinski definition) is 0. The maximum atomic E-state index is 11.1. The Balaban J connectivity index is 2.35. The highest BCUT2D eigenvalue weighted by atomic mass is 16.5. The van der Waals surface area contributed by atoms with Gasteiger partial charge in [-0.2, -0.15) is 0 Å². The summed E-state index contributed by atoms with van der Waals surface area (Å²) in [7, 11) is 1.42. The number of rotatable bonds is 7. The van der Waals surface area contributed by atoms with Gasteiger partial charge in [0.2, 0.25) is 0 Å². The highest BCUT2D eigenvalue weighted by molar-refractivity contribution is 5.69. The van der Waals surface area contributed by atoms with Gasteiger partial charge in [0, 0.05) is 26.2 Å². The molecule has 0 N–H and O–H groups in total. The van der Waals surface area contributed by atoms with E-state index in [0.717, 1.165) is 38.1 Å². The van der Waals surface area contributed by atoms with Crippen LogP contribution in [0.3, 0.4) is 0 Å². The van der Waals surface area contributed by atoms with Crippen LogP contribution in [0.4, 0.5) is 0 Å². The normalized spacial score (nSPS) is 19.6. The SMILES string of the molecule is C=C(C)CN(CCC(=O)OC)C[C@@H]1CCCO1. The summed E-state index contributed by atoms with van der Waals surface area (Å²) in [5.74, 6) is -0.163. The van der Waals surface area contributed by atoms with Gasteiger partial charge in [-0.1, -0.05) is 12.2 Å². The monoisotopic (exact) mass is 241 g/mol. The van der Waals surface area contributed by atoms with Gasteiger partial charge in [0.25, 0.3) is 0 Å². The number of hydrogen-bond acceptors (Lipinski definition) is 4. The van der Waals surface area contributed by atoms with Gasteiger partial charge in [-0.3, -0.25) is 9.69 Å². The van der Waals surface area contributed by atoms with E-state index in [1.165, 1.54) is 7.11 Å². The predicted molar refractivity (Wildman–Crippen MR) is 66.9 cm³/mol. The van der Waals surface area contributed by atoms with Gasteiger partial charge in [-0.15, -0.1) is 0 Å². The molecule has 1 rings (SSSR count). The molecule has 0 aromatic rings. The Bertz CT molecular complexity index is 259. The first kappa shape index (κ1) is 14.2. The molecule has 0 aromatic heterocycles. The van der Waals surface area contributed by atoms with Gasteiger partial charge in [0.15, 0.2) is 0 Å². The molecule has 1 saturated heterocycles. The molecule has 1 aliphatic rings. The Kier molecular flexibility index (Phi) is 6.22. The molecule has 4 nitrogen and oxygen atoms in total. The summed E-state index contributed by atoms with van der Waals surface area (Å²) in [5.41, 5.74) is 1.10. The van der Waals surface area contributed by atoms with Gasteiger partial charge in [-0.05, 0) is 19.8 Å². The van der Waals surface area contributed by atoms with E-state index in [1.54, 1.807) is 0 Å². The second-order valence-electron chi connectivity index (χ2n) is 4.65. The summed E-state index contributed by atoms with van der Waals surface area (Å²) in [6.07, 6.45) is 3.00. The first-order valence-corrected chi connectivity index (χ1v) is 6.17. The van der Waals surface area contributed by atoms with E-state index in [0.29, 0.717) is 19.1 Å². The number of carbonyl (C=O) groups is 1. The molecule has 1 fully saturated rings. The number of methoxy groups -OCH3 is 1. The average Bonchev–Trinajstić information content (AvgIpc) is 2.77. The van der Waals surface area contributed by atoms with Crippen molar-refractivity contribution in [3.63, 3.8) is 0 Å². The fourth-order valence-electron chi connectivity index (χ4n) is 2.04. The fourth-order valence-corrected chi connectivity index (χ4v) is 2.04. The minimum Gasteiger partial charge on any atom is -0.469 e. The number of ether oxygens (including phenoxy) is 2. The Morgan fingerprint density at radius 1 is 1.59 bits per heavy atom. The molecule has 0 amide bonds. The molecule has 0 aromatic carbocycles. The third kappa shape index (κ3) is 5.84. The Labute approximate surface area is 104 Å². The lowest BCUT2D eigenvalue weighted by atomic mass is 10.2. The van der Waals surface area contributed by atoms with Crippen molar-refractivity contribution in [2.24, 2.45) is 0 Å². The van der Waals surface area contributed by atoms with E-state index >= 15 is 0 Å². The summed E-state index contributed by atoms with van der Waals surface area (Å²) in [6, 6.07) is 0. The van der Waals surface area contributed by atoms with Crippen molar-refractivity contribution in [3.05, 3.63) is 12.2 Å². The lowest BCUT2D eigenvalue weighted by Crippen LogP contribution is -2.35. The first-order chi connectivity index (χ1) is 8.11. The Morgan fingerprint density at radius 3 is 2.88 bits per heavy atom. The van der Waals surface area contributed by atoms with Crippen LogP contribution in [-0.2, 0) is 14.3 Å². The van der Waals surface area contributed by atoms with Crippen molar-refractivity contribution < 1.29 is 14.3 Å². The zero-order chi connectivity index (χ0) is 12.7. The molecule has 17 heavy (non-hydrogen) atoms. The zero-order valence-electron chi connectivity index (χ0n) is 10.9. The minimum atomic E-state index is -0.163. The van der Waals surface area contributed by atoms with Crippen molar-refractivity contribution in [3.8, 4) is 0 Å². The lowest BCUT2D eigenvalue weighted by Gasteiger charge is -2.24. The molecular weight excluding hydrogens is 218 g/mol. The van der Waals surface area contributed by atoms with Crippen molar-refractivity contribution in [1.82, 2.24) is 4.90 Å². The Morgan fingerprint density at radius 2 is 2.35 bits per heavy atom. The first-order valence-electron chi connectivity index (χ1n) is 6.17. The Hall–Kier alpha value is -0.870. The van der Waals surface area contributed by atoms with Gasteiger partial charge < -0.3 is 9.47 Å². The van der Waals surface area contributed by atoms with E-state index in [9.17, 15) is 4.79 Å². The van der Waals surface area contributed by atoms with E-state index in [-0.39, 0.29) is 5.97 Å². The second-order valence-corrected chi connectivity index (χ2v) is 4.65. The van der Waals surface area contributed by atoms with Gasteiger partial charge in [0.05, 0.1) is 19.6 Å². The molecule has 1 atom stereocenters. The molecule has 0 radical (unpaired) electrons. The zero-order valence-corrected chi connectivity index (χ0v) is 10.9. The third-order valence-corrected chi connectivity index (χ3v) is 2.84. The molecule has 4 heteroatoms. The number of carbonyl (C=O) groups excluding carboxylic acids is 1. The van der Waals surface area contributed by atoms with E-state index in [2.05, 4.69) is 16.2 Å². The van der Waals surface area contributed by atoms with E-state index in [4.69, 9.17) is 4.74 Å². The molecule has 0 saturated carbocycles. The highest BCUT2D eigenvalue weighted by Gasteiger charge is 2.19. The van der Waals surface area contributed by atoms with Gasteiger partial charge >= 0.3 is 5.97 Å². The minimum absolute atomic E-state index is 0.163.